The van der Waals surface area contributed by atoms with Crippen LogP contribution in [0.4, 0.5) is 5.69 Å². The van der Waals surface area contributed by atoms with Gasteiger partial charge in [0.25, 0.3) is 0 Å². The quantitative estimate of drug-likeness (QED) is 0.701. The minimum absolute atomic E-state index is 0.00512. The van der Waals surface area contributed by atoms with E-state index in [9.17, 15) is 14.4 Å². The van der Waals surface area contributed by atoms with Crippen LogP contribution in [-0.4, -0.2) is 55.0 Å². The Bertz CT molecular complexity index is 666. The van der Waals surface area contributed by atoms with Gasteiger partial charge in [0, 0.05) is 23.8 Å². The normalized spacial score (nSPS) is 17.0. The zero-order chi connectivity index (χ0) is 19.1. The number of carbonyl (C=O) groups is 3. The lowest BCUT2D eigenvalue weighted by Crippen LogP contribution is -2.58. The van der Waals surface area contributed by atoms with E-state index in [1.807, 2.05) is 13.8 Å². The van der Waals surface area contributed by atoms with Gasteiger partial charge in [0.15, 0.2) is 0 Å². The Hall–Kier alpha value is -2.28. The zero-order valence-electron chi connectivity index (χ0n) is 15.0. The van der Waals surface area contributed by atoms with Crippen molar-refractivity contribution in [1.82, 2.24) is 10.2 Å². The van der Waals surface area contributed by atoms with Crippen LogP contribution in [0.2, 0.25) is 5.02 Å². The Morgan fingerprint density at radius 1 is 1.42 bits per heavy atom. The fourth-order valence-electron chi connectivity index (χ4n) is 2.57. The second-order valence-corrected chi connectivity index (χ2v) is 6.98. The molecule has 0 bridgehead atoms. The molecule has 1 unspecified atom stereocenters. The number of rotatable bonds is 7. The highest BCUT2D eigenvalue weighted by atomic mass is 35.5. The Morgan fingerprint density at radius 2 is 2.19 bits per heavy atom. The molecular weight excluding hydrogens is 358 g/mol. The smallest absolute Gasteiger partial charge is 0.308 e. The Morgan fingerprint density at radius 3 is 2.88 bits per heavy atom. The number of anilines is 1. The van der Waals surface area contributed by atoms with Crippen LogP contribution in [0.25, 0.3) is 0 Å². The first-order valence-corrected chi connectivity index (χ1v) is 8.97. The Labute approximate surface area is 158 Å². The summed E-state index contributed by atoms with van der Waals surface area (Å²) in [6.45, 7) is 4.86. The molecule has 0 saturated carbocycles. The lowest BCUT2D eigenvalue weighted by molar-refractivity contribution is -0.152. The number of benzene rings is 1. The Balaban J connectivity index is 1.96. The van der Waals surface area contributed by atoms with Crippen LogP contribution in [-0.2, 0) is 19.1 Å². The third-order valence-electron chi connectivity index (χ3n) is 3.86. The van der Waals surface area contributed by atoms with E-state index in [0.717, 1.165) is 0 Å². The molecule has 1 aromatic rings. The Kier molecular flexibility index (Phi) is 7.26. The molecule has 0 aliphatic carbocycles. The molecule has 1 aromatic carbocycles. The molecule has 142 valence electrons. The monoisotopic (exact) mass is 381 g/mol. The van der Waals surface area contributed by atoms with Crippen molar-refractivity contribution in [3.05, 3.63) is 29.3 Å². The van der Waals surface area contributed by atoms with E-state index in [1.54, 1.807) is 24.3 Å². The van der Waals surface area contributed by atoms with Gasteiger partial charge >= 0.3 is 5.97 Å². The molecule has 1 aliphatic heterocycles. The highest BCUT2D eigenvalue weighted by Gasteiger charge is 2.34. The summed E-state index contributed by atoms with van der Waals surface area (Å²) in [7, 11) is 0. The third-order valence-corrected chi connectivity index (χ3v) is 4.09. The van der Waals surface area contributed by atoms with Gasteiger partial charge in [-0.05, 0) is 24.1 Å². The minimum Gasteiger partial charge on any atom is -0.465 e. The molecule has 2 rings (SSSR count). The van der Waals surface area contributed by atoms with Crippen LogP contribution in [0.15, 0.2) is 24.3 Å². The number of carbonyl (C=O) groups excluding carboxylic acids is 3. The highest BCUT2D eigenvalue weighted by Crippen LogP contribution is 2.15. The largest absolute Gasteiger partial charge is 0.465 e. The van der Waals surface area contributed by atoms with Crippen molar-refractivity contribution in [2.75, 3.05) is 31.6 Å². The van der Waals surface area contributed by atoms with E-state index < -0.39 is 12.0 Å². The fourth-order valence-corrected chi connectivity index (χ4v) is 2.76. The first kappa shape index (κ1) is 20.0. The van der Waals surface area contributed by atoms with Crippen LogP contribution in [0, 0.1) is 5.92 Å². The van der Waals surface area contributed by atoms with Crippen LogP contribution in [0.3, 0.4) is 0 Å². The zero-order valence-corrected chi connectivity index (χ0v) is 15.7. The van der Waals surface area contributed by atoms with E-state index in [0.29, 0.717) is 23.8 Å². The molecule has 1 aliphatic rings. The molecule has 8 heteroatoms. The lowest BCUT2D eigenvalue weighted by Gasteiger charge is -2.34. The highest BCUT2D eigenvalue weighted by molar-refractivity contribution is 6.30. The molecule has 7 nitrogen and oxygen atoms in total. The second kappa shape index (κ2) is 9.43. The van der Waals surface area contributed by atoms with Crippen molar-refractivity contribution >= 4 is 35.1 Å². The van der Waals surface area contributed by atoms with Gasteiger partial charge in [-0.1, -0.05) is 31.5 Å². The lowest BCUT2D eigenvalue weighted by atomic mass is 10.1. The summed E-state index contributed by atoms with van der Waals surface area (Å²) < 4.78 is 5.14. The third kappa shape index (κ3) is 5.91. The number of ether oxygens (including phenoxy) is 1. The molecule has 26 heavy (non-hydrogen) atoms. The van der Waals surface area contributed by atoms with Gasteiger partial charge in [-0.15, -0.1) is 0 Å². The number of amides is 2. The van der Waals surface area contributed by atoms with Gasteiger partial charge < -0.3 is 20.3 Å². The van der Waals surface area contributed by atoms with Gasteiger partial charge in [-0.3, -0.25) is 14.4 Å². The summed E-state index contributed by atoms with van der Waals surface area (Å²) in [6, 6.07) is 6.16. The maximum absolute atomic E-state index is 12.6. The van der Waals surface area contributed by atoms with Crippen molar-refractivity contribution in [2.24, 2.45) is 5.92 Å². The SMILES string of the molecule is CC(C)COC(=O)CC1C(=O)NCCN1C(=O)CNc1cccc(Cl)c1. The number of nitrogens with one attached hydrogen (secondary N) is 2. The topological polar surface area (TPSA) is 87.7 Å². The number of hydrogen-bond donors (Lipinski definition) is 2. The van der Waals surface area contributed by atoms with Gasteiger partial charge in [-0.2, -0.15) is 0 Å². The molecule has 0 aromatic heterocycles. The van der Waals surface area contributed by atoms with Gasteiger partial charge in [0.05, 0.1) is 19.6 Å². The maximum atomic E-state index is 12.6. The number of halogens is 1. The molecule has 1 atom stereocenters. The summed E-state index contributed by atoms with van der Waals surface area (Å²) in [6.07, 6.45) is -0.151. The average Bonchev–Trinajstić information content (AvgIpc) is 2.59. The molecule has 0 spiro atoms. The molecule has 1 fully saturated rings. The summed E-state index contributed by atoms with van der Waals surface area (Å²) in [5.41, 5.74) is 0.709. The first-order chi connectivity index (χ1) is 12.4. The predicted octanol–water partition coefficient (Wildman–Crippen LogP) is 1.67. The summed E-state index contributed by atoms with van der Waals surface area (Å²) in [5, 5.41) is 6.24. The maximum Gasteiger partial charge on any atom is 0.308 e. The molecule has 1 saturated heterocycles. The van der Waals surface area contributed by atoms with Crippen molar-refractivity contribution in [2.45, 2.75) is 26.3 Å². The van der Waals surface area contributed by atoms with E-state index in [4.69, 9.17) is 16.3 Å². The molecule has 2 N–H and O–H groups in total. The van der Waals surface area contributed by atoms with E-state index in [2.05, 4.69) is 10.6 Å². The molecule has 1 heterocycles. The fraction of sp³-hybridized carbons (Fsp3) is 0.500. The molecular formula is C18H24ClN3O4. The van der Waals surface area contributed by atoms with Crippen molar-refractivity contribution in [3.63, 3.8) is 0 Å². The van der Waals surface area contributed by atoms with Gasteiger partial charge in [-0.25, -0.2) is 0 Å². The van der Waals surface area contributed by atoms with Crippen LogP contribution in [0.5, 0.6) is 0 Å². The van der Waals surface area contributed by atoms with Gasteiger partial charge in [0.2, 0.25) is 11.8 Å². The standard InChI is InChI=1S/C18H24ClN3O4/c1-12(2)11-26-17(24)9-15-18(25)20-6-7-22(15)16(23)10-21-14-5-3-4-13(19)8-14/h3-5,8,12,15,21H,6-7,9-11H2,1-2H3,(H,20,25). The van der Waals surface area contributed by atoms with Crippen LogP contribution >= 0.6 is 11.6 Å². The minimum atomic E-state index is -0.850. The van der Waals surface area contributed by atoms with Crippen molar-refractivity contribution in [3.8, 4) is 0 Å². The number of hydrogen-bond acceptors (Lipinski definition) is 5. The van der Waals surface area contributed by atoms with E-state index >= 15 is 0 Å². The summed E-state index contributed by atoms with van der Waals surface area (Å²) in [4.78, 5) is 38.1. The average molecular weight is 382 g/mol. The number of piperazine rings is 1. The van der Waals surface area contributed by atoms with Crippen molar-refractivity contribution in [1.29, 1.82) is 0 Å². The molecule has 2 amide bonds. The van der Waals surface area contributed by atoms with Crippen molar-refractivity contribution < 1.29 is 19.1 Å². The summed E-state index contributed by atoms with van der Waals surface area (Å²) in [5.74, 6) is -0.879. The van der Waals surface area contributed by atoms with Crippen LogP contribution < -0.4 is 10.6 Å². The van der Waals surface area contributed by atoms with E-state index in [-0.39, 0.29) is 37.3 Å². The second-order valence-electron chi connectivity index (χ2n) is 6.54. The van der Waals surface area contributed by atoms with E-state index in [1.165, 1.54) is 4.90 Å². The summed E-state index contributed by atoms with van der Waals surface area (Å²) >= 11 is 5.92. The number of nitrogens with zero attached hydrogens (tertiary/aromatic N) is 1. The first-order valence-electron chi connectivity index (χ1n) is 8.59. The number of esters is 1. The predicted molar refractivity (Wildman–Crippen MR) is 98.9 cm³/mol. The van der Waals surface area contributed by atoms with Gasteiger partial charge in [0.1, 0.15) is 6.04 Å². The molecule has 0 radical (unpaired) electrons. The van der Waals surface area contributed by atoms with Crippen LogP contribution in [0.1, 0.15) is 20.3 Å².